The number of carbonyl (C=O) groups excluding carboxylic acids is 1. The number of carbonyl (C=O) groups is 1. The fourth-order valence-electron chi connectivity index (χ4n) is 5.99. The van der Waals surface area contributed by atoms with Gasteiger partial charge in [0.1, 0.15) is 24.4 Å². The van der Waals surface area contributed by atoms with Crippen LogP contribution in [-0.2, 0) is 14.3 Å². The van der Waals surface area contributed by atoms with Crippen molar-refractivity contribution in [2.45, 2.75) is 198 Å². The Morgan fingerprint density at radius 3 is 1.67 bits per heavy atom. The van der Waals surface area contributed by atoms with Gasteiger partial charge in [-0.3, -0.25) is 4.79 Å². The molecule has 9 nitrogen and oxygen atoms in total. The lowest BCUT2D eigenvalue weighted by Crippen LogP contribution is -2.60. The monoisotopic (exact) mass is 696 g/mol. The van der Waals surface area contributed by atoms with Crippen molar-refractivity contribution in [1.82, 2.24) is 5.32 Å². The van der Waals surface area contributed by atoms with Crippen molar-refractivity contribution in [3.8, 4) is 0 Å². The first-order chi connectivity index (χ1) is 23.8. The van der Waals surface area contributed by atoms with Gasteiger partial charge in [0.25, 0.3) is 0 Å². The average molecular weight is 696 g/mol. The highest BCUT2D eigenvalue weighted by Crippen LogP contribution is 2.22. The lowest BCUT2D eigenvalue weighted by molar-refractivity contribution is -0.302. The van der Waals surface area contributed by atoms with E-state index < -0.39 is 49.5 Å². The first-order valence-corrected chi connectivity index (χ1v) is 19.7. The quantitative estimate of drug-likeness (QED) is 0.0338. The minimum atomic E-state index is -1.57. The number of unbranched alkanes of at least 4 members (excludes halogenated alkanes) is 17. The zero-order valence-electron chi connectivity index (χ0n) is 30.9. The van der Waals surface area contributed by atoms with Gasteiger partial charge in [0.05, 0.1) is 25.4 Å². The Balaban J connectivity index is 2.15. The fourth-order valence-corrected chi connectivity index (χ4v) is 5.99. The number of amides is 1. The lowest BCUT2D eigenvalue weighted by Gasteiger charge is -2.40. The molecule has 7 atom stereocenters. The molecule has 1 rings (SSSR count). The molecule has 1 heterocycles. The average Bonchev–Trinajstić information content (AvgIpc) is 3.09. The van der Waals surface area contributed by atoms with E-state index in [-0.39, 0.29) is 18.9 Å². The van der Waals surface area contributed by atoms with Crippen LogP contribution in [0.1, 0.15) is 155 Å². The highest BCUT2D eigenvalue weighted by atomic mass is 16.7. The van der Waals surface area contributed by atoms with Gasteiger partial charge in [-0.25, -0.2) is 0 Å². The molecule has 1 fully saturated rings. The van der Waals surface area contributed by atoms with Gasteiger partial charge in [0, 0.05) is 6.42 Å². The Hall–Kier alpha value is -1.59. The van der Waals surface area contributed by atoms with Gasteiger partial charge in [-0.2, -0.15) is 0 Å². The van der Waals surface area contributed by atoms with Crippen LogP contribution in [0.15, 0.2) is 36.5 Å². The van der Waals surface area contributed by atoms with Crippen molar-refractivity contribution in [2.75, 3.05) is 13.2 Å². The van der Waals surface area contributed by atoms with Gasteiger partial charge in [-0.05, 0) is 44.9 Å². The molecule has 1 amide bonds. The number of hydrogen-bond donors (Lipinski definition) is 6. The maximum absolute atomic E-state index is 12.3. The van der Waals surface area contributed by atoms with Crippen molar-refractivity contribution in [3.63, 3.8) is 0 Å². The molecule has 0 bridgehead atoms. The van der Waals surface area contributed by atoms with Gasteiger partial charge in [-0.15, -0.1) is 0 Å². The second-order valence-electron chi connectivity index (χ2n) is 13.7. The minimum Gasteiger partial charge on any atom is -0.394 e. The third-order valence-corrected chi connectivity index (χ3v) is 9.17. The van der Waals surface area contributed by atoms with Gasteiger partial charge in [-0.1, -0.05) is 140 Å². The summed E-state index contributed by atoms with van der Waals surface area (Å²) in [4.78, 5) is 12.3. The number of ether oxygens (including phenoxy) is 2. The maximum Gasteiger partial charge on any atom is 0.220 e. The van der Waals surface area contributed by atoms with Gasteiger partial charge >= 0.3 is 0 Å². The molecule has 49 heavy (non-hydrogen) atoms. The Kier molecular flexibility index (Phi) is 28.9. The predicted octanol–water partition coefficient (Wildman–Crippen LogP) is 6.94. The highest BCUT2D eigenvalue weighted by Gasteiger charge is 2.44. The molecule has 1 saturated heterocycles. The molecule has 286 valence electrons. The van der Waals surface area contributed by atoms with E-state index in [0.29, 0.717) is 6.42 Å². The van der Waals surface area contributed by atoms with Crippen molar-refractivity contribution >= 4 is 5.91 Å². The van der Waals surface area contributed by atoms with Crippen molar-refractivity contribution in [2.24, 2.45) is 0 Å². The number of aliphatic hydroxyl groups is 5. The van der Waals surface area contributed by atoms with E-state index in [1.807, 2.05) is 13.0 Å². The van der Waals surface area contributed by atoms with Crippen LogP contribution >= 0.6 is 0 Å². The summed E-state index contributed by atoms with van der Waals surface area (Å²) < 4.78 is 11.0. The smallest absolute Gasteiger partial charge is 0.220 e. The van der Waals surface area contributed by atoms with Crippen LogP contribution in [0.25, 0.3) is 0 Å². The summed E-state index contributed by atoms with van der Waals surface area (Å²) in [6.07, 6.45) is 30.9. The molecule has 1 aliphatic rings. The summed E-state index contributed by atoms with van der Waals surface area (Å²) in [6.45, 7) is 3.37. The van der Waals surface area contributed by atoms with E-state index in [9.17, 15) is 30.3 Å². The molecular weight excluding hydrogens is 622 g/mol. The molecule has 0 aromatic heterocycles. The molecule has 6 N–H and O–H groups in total. The second kappa shape index (κ2) is 31.2. The number of aliphatic hydroxyl groups excluding tert-OH is 5. The van der Waals surface area contributed by atoms with E-state index in [4.69, 9.17) is 9.47 Å². The fraction of sp³-hybridized carbons (Fsp3) is 0.825. The number of hydrogen-bond acceptors (Lipinski definition) is 8. The lowest BCUT2D eigenvalue weighted by atomic mass is 9.99. The topological polar surface area (TPSA) is 149 Å². The summed E-state index contributed by atoms with van der Waals surface area (Å²) in [6, 6.07) is -0.820. The normalized spacial score (nSPS) is 22.8. The number of allylic oxidation sites excluding steroid dienone is 5. The standard InChI is InChI=1S/C40H73NO8/c1-3-5-6-7-8-9-10-11-12-13-14-15-16-17-18-19-20-21-22-23-24-25-26-27-28-30-34(43)33(41-36(44)29-4-2)32-48-40-39(47)38(46)37(45)35(31-42)49-40/h20-21,24-25,28,30,33-35,37-40,42-43,45-47H,3-19,22-23,26-27,29,31-32H2,1-2H3,(H,41,44)/b21-20+,25-24+,30-28+. The third-order valence-electron chi connectivity index (χ3n) is 9.17. The molecule has 9 heteroatoms. The molecule has 0 aliphatic carbocycles. The van der Waals surface area contributed by atoms with E-state index >= 15 is 0 Å². The van der Waals surface area contributed by atoms with Crippen LogP contribution in [0.4, 0.5) is 0 Å². The summed E-state index contributed by atoms with van der Waals surface area (Å²) in [5.41, 5.74) is 0. The Morgan fingerprint density at radius 1 is 0.673 bits per heavy atom. The second-order valence-corrected chi connectivity index (χ2v) is 13.7. The van der Waals surface area contributed by atoms with Crippen LogP contribution < -0.4 is 5.32 Å². The van der Waals surface area contributed by atoms with Crippen LogP contribution in [0.2, 0.25) is 0 Å². The van der Waals surface area contributed by atoms with Crippen molar-refractivity contribution in [3.05, 3.63) is 36.5 Å². The Bertz CT molecular complexity index is 863. The molecular formula is C40H73NO8. The zero-order valence-corrected chi connectivity index (χ0v) is 30.9. The molecule has 0 saturated carbocycles. The van der Waals surface area contributed by atoms with Crippen LogP contribution in [0.5, 0.6) is 0 Å². The summed E-state index contributed by atoms with van der Waals surface area (Å²) >= 11 is 0. The highest BCUT2D eigenvalue weighted by molar-refractivity contribution is 5.76. The van der Waals surface area contributed by atoms with Gasteiger partial charge in [0.15, 0.2) is 6.29 Å². The Labute approximate surface area is 298 Å². The third kappa shape index (κ3) is 22.8. The van der Waals surface area contributed by atoms with Crippen LogP contribution in [-0.4, -0.2) is 87.5 Å². The van der Waals surface area contributed by atoms with E-state index in [2.05, 4.69) is 36.5 Å². The number of rotatable bonds is 31. The zero-order chi connectivity index (χ0) is 36.0. The van der Waals surface area contributed by atoms with E-state index in [0.717, 1.165) is 25.7 Å². The van der Waals surface area contributed by atoms with Crippen molar-refractivity contribution < 1.29 is 39.8 Å². The minimum absolute atomic E-state index is 0.212. The molecule has 0 spiro atoms. The molecule has 1 aliphatic heterocycles. The number of nitrogens with one attached hydrogen (secondary N) is 1. The van der Waals surface area contributed by atoms with Gasteiger partial charge in [0.2, 0.25) is 5.91 Å². The molecule has 0 aromatic carbocycles. The SMILES string of the molecule is CCCCCCCCCCCCCCCCC/C=C/CC/C=C/CC/C=C/C(O)C(COC1OC(CO)C(O)C(O)C1O)NC(=O)CCC. The maximum atomic E-state index is 12.3. The molecule has 7 unspecified atom stereocenters. The largest absolute Gasteiger partial charge is 0.394 e. The van der Waals surface area contributed by atoms with Crippen LogP contribution in [0, 0.1) is 0 Å². The first kappa shape index (κ1) is 45.4. The van der Waals surface area contributed by atoms with E-state index in [1.54, 1.807) is 6.08 Å². The van der Waals surface area contributed by atoms with Gasteiger partial charge < -0.3 is 40.3 Å². The summed E-state index contributed by atoms with van der Waals surface area (Å²) in [7, 11) is 0. The molecule has 0 aromatic rings. The summed E-state index contributed by atoms with van der Waals surface area (Å²) in [5, 5.41) is 53.1. The summed E-state index contributed by atoms with van der Waals surface area (Å²) in [5.74, 6) is -0.246. The van der Waals surface area contributed by atoms with E-state index in [1.165, 1.54) is 103 Å². The van der Waals surface area contributed by atoms with Crippen molar-refractivity contribution in [1.29, 1.82) is 0 Å². The molecule has 0 radical (unpaired) electrons. The predicted molar refractivity (Wildman–Crippen MR) is 198 cm³/mol. The van der Waals surface area contributed by atoms with Crippen LogP contribution in [0.3, 0.4) is 0 Å². The Morgan fingerprint density at radius 2 is 1.16 bits per heavy atom. The first-order valence-electron chi connectivity index (χ1n) is 19.7.